The van der Waals surface area contributed by atoms with Crippen LogP contribution >= 0.6 is 27.5 Å². The van der Waals surface area contributed by atoms with Gasteiger partial charge in [-0.25, -0.2) is 0 Å². The number of nitrogens with one attached hydrogen (secondary N) is 3. The van der Waals surface area contributed by atoms with Gasteiger partial charge in [0.2, 0.25) is 0 Å². The summed E-state index contributed by atoms with van der Waals surface area (Å²) in [4.78, 5) is 48.1. The van der Waals surface area contributed by atoms with Crippen LogP contribution in [0.5, 0.6) is 40.2 Å². The molecule has 18 heteroatoms. The fourth-order valence-corrected chi connectivity index (χ4v) is 32.3. The molecule has 0 saturated heterocycles. The minimum Gasteiger partial charge on any atom is -0.504 e. The van der Waals surface area contributed by atoms with Crippen LogP contribution < -0.4 is 4.74 Å². The van der Waals surface area contributed by atoms with E-state index in [1.54, 1.807) is 7.11 Å². The number of carbonyl (C=O) groups is 3. The van der Waals surface area contributed by atoms with Gasteiger partial charge in [0.05, 0.1) is 23.4 Å². The first-order valence-corrected chi connectivity index (χ1v) is 49.2. The van der Waals surface area contributed by atoms with E-state index >= 15 is 0 Å². The molecule has 0 spiro atoms. The molecule has 130 heavy (non-hydrogen) atoms. The third-order valence-electron chi connectivity index (χ3n) is 41.2. The second-order valence-corrected chi connectivity index (χ2v) is 48.6. The molecule has 0 bridgehead atoms. The number of rotatable bonds is 7. The van der Waals surface area contributed by atoms with E-state index in [2.05, 4.69) is 169 Å². The molecule has 0 aliphatic heterocycles. The van der Waals surface area contributed by atoms with Crippen molar-refractivity contribution in [2.24, 2.45) is 82.7 Å². The van der Waals surface area contributed by atoms with Gasteiger partial charge in [0, 0.05) is 94.8 Å². The van der Waals surface area contributed by atoms with Crippen molar-refractivity contribution < 1.29 is 65.1 Å². The summed E-state index contributed by atoms with van der Waals surface area (Å²) in [6, 6.07) is 23.8. The van der Waals surface area contributed by atoms with E-state index in [-0.39, 0.29) is 117 Å². The molecule has 12 aliphatic rings. The topological polar surface area (TPSA) is 290 Å². The highest BCUT2D eigenvalue weighted by Gasteiger charge is 2.72. The number of aliphatic carboxylic acids is 3. The lowest BCUT2D eigenvalue weighted by molar-refractivity contribution is -0.177. The van der Waals surface area contributed by atoms with Gasteiger partial charge in [-0.15, -0.1) is 0 Å². The van der Waals surface area contributed by atoms with Crippen LogP contribution in [-0.4, -0.2) is 85.9 Å². The average molecular weight is 1850 g/mol. The standard InChI is InChI=1S/C38H47NO5.C37H44BrNO4.C37H44ClNO4/c1-21-31-24(25-20-39-27-9-8-22(44-7)16-23(25)27)17-29-36(4,26(31)18-28(40)32(21)41)13-15-38(6)30-19-35(3,33(42)43)11-10-34(30,2)12-14-37(29,38)5;2*1-20-30-23(24-19-39-26-8-7-21(38)15-22(24)26)16-28-35(4,25(30)17-27(40)31(20)41)12-14-37(6)29-18-34(3,32(42)43)10-9-33(29,2)11-13-36(28,37)5/h8-9,16-18,20,24,30,39-41H,10-15,19H2,1-7H3,(H,42,43);2*7-8,15-17,19,23,29,39-41H,9-14,18H2,1-6H3,(H,42,43)/t24-,30+,34+,35+,36-,37+,38-;2*23-,29+,33+,34+,35-,36+,37-/m000/s1. The summed E-state index contributed by atoms with van der Waals surface area (Å²) in [5.41, 5.74) is 16.0. The molecule has 21 atom stereocenters. The van der Waals surface area contributed by atoms with E-state index in [0.717, 1.165) is 226 Å². The summed E-state index contributed by atoms with van der Waals surface area (Å²) in [7, 11) is 1.68. The van der Waals surface area contributed by atoms with Crippen molar-refractivity contribution in [1.82, 2.24) is 15.0 Å². The predicted molar refractivity (Wildman–Crippen MR) is 517 cm³/mol. The number of aromatic nitrogens is 3. The number of hydrogen-bond donors (Lipinski definition) is 12. The van der Waals surface area contributed by atoms with Gasteiger partial charge >= 0.3 is 17.9 Å². The SMILES string of the molecule is COc1ccc2[nH]cc([C@@H]3C=C4[C@@](C)(CC[C@@]5(C)[C@@H]6C[C@](C)(C(=O)O)CC[C@]6(C)CC[C@]45C)c4cc(O)c(O)c(C)c43)c2c1.Cc1c(O)c(O)cc2c1[C@H](c1c[nH]c3ccc(Br)cc13)C=C1[C@@]2(C)CC[C@@]2(C)[C@@H]3C[C@](C)(C(=O)O)CC[C@]3(C)CC[C@]12C.Cc1c(O)c(O)cc2c1[C@H](c1c[nH]c3ccc(Cl)cc13)C=C1[C@@]2(C)CC[C@@]2(C)[C@@H]3C[C@](C)(C(=O)O)CC[C@]3(C)CC[C@]12C. The monoisotopic (exact) mass is 1840 g/mol. The Morgan fingerprint density at radius 3 is 0.985 bits per heavy atom. The lowest BCUT2D eigenvalue weighted by atomic mass is 9.34. The Balaban J connectivity index is 0.000000126. The van der Waals surface area contributed by atoms with Gasteiger partial charge in [0.1, 0.15) is 5.75 Å². The molecule has 12 N–H and O–H groups in total. The van der Waals surface area contributed by atoms with E-state index in [4.69, 9.17) is 16.3 Å². The molecule has 0 radical (unpaired) electrons. The van der Waals surface area contributed by atoms with E-state index < -0.39 is 34.2 Å². The maximum atomic E-state index is 12.6. The van der Waals surface area contributed by atoms with E-state index in [0.29, 0.717) is 41.2 Å². The third kappa shape index (κ3) is 12.2. The number of benzene rings is 6. The summed E-state index contributed by atoms with van der Waals surface area (Å²) >= 11 is 10.2. The molecule has 690 valence electrons. The van der Waals surface area contributed by atoms with Crippen molar-refractivity contribution in [2.45, 2.75) is 293 Å². The second-order valence-electron chi connectivity index (χ2n) is 47.3. The number of carboxylic acid groups (broad SMARTS) is 3. The number of carboxylic acids is 3. The lowest BCUT2D eigenvalue weighted by Crippen LogP contribution is -2.62. The number of allylic oxidation sites excluding steroid dienone is 6. The molecule has 9 aromatic rings. The molecule has 3 aromatic heterocycles. The van der Waals surface area contributed by atoms with Crippen molar-refractivity contribution in [3.8, 4) is 40.2 Å². The van der Waals surface area contributed by atoms with E-state index in [9.17, 15) is 60.3 Å². The summed E-state index contributed by atoms with van der Waals surface area (Å²) in [6.07, 6.45) is 33.1. The fourth-order valence-electron chi connectivity index (χ4n) is 31.8. The maximum absolute atomic E-state index is 12.6. The van der Waals surface area contributed by atoms with Gasteiger partial charge in [0.25, 0.3) is 0 Å². The van der Waals surface area contributed by atoms with Crippen LogP contribution in [-0.2, 0) is 30.6 Å². The van der Waals surface area contributed by atoms with Gasteiger partial charge in [-0.2, -0.15) is 0 Å². The van der Waals surface area contributed by atoms with Crippen LogP contribution in [0.3, 0.4) is 0 Å². The third-order valence-corrected chi connectivity index (χ3v) is 41.9. The van der Waals surface area contributed by atoms with Gasteiger partial charge in [-0.3, -0.25) is 14.4 Å². The van der Waals surface area contributed by atoms with Gasteiger partial charge in [-0.1, -0.05) is 146 Å². The molecule has 0 amide bonds. The molecule has 0 unspecified atom stereocenters. The molecular weight excluding hydrogens is 1710 g/mol. The Kier molecular flexibility index (Phi) is 20.3. The summed E-state index contributed by atoms with van der Waals surface area (Å²) in [5, 5.41) is 101. The minimum absolute atomic E-state index is 0.0410. The Labute approximate surface area is 779 Å². The maximum Gasteiger partial charge on any atom is 0.309 e. The fraction of sp³-hybridized carbons (Fsp3) is 0.545. The highest BCUT2D eigenvalue weighted by Crippen LogP contribution is 2.80. The zero-order valence-electron chi connectivity index (χ0n) is 79.6. The Morgan fingerprint density at radius 1 is 0.377 bits per heavy atom. The van der Waals surface area contributed by atoms with Crippen molar-refractivity contribution in [3.63, 3.8) is 0 Å². The highest BCUT2D eigenvalue weighted by atomic mass is 79.9. The number of phenols is 6. The number of H-pyrrole nitrogens is 3. The van der Waals surface area contributed by atoms with Crippen LogP contribution in [0.15, 0.2) is 131 Å². The molecule has 16 nitrogen and oxygen atoms in total. The van der Waals surface area contributed by atoms with E-state index in [1.807, 2.05) is 96.1 Å². The number of phenolic OH excluding ortho intramolecular Hbond substituents is 6. The van der Waals surface area contributed by atoms with Crippen LogP contribution in [0.2, 0.25) is 5.02 Å². The molecular formula is C112H135BrClN3O13. The zero-order valence-corrected chi connectivity index (χ0v) is 82.0. The van der Waals surface area contributed by atoms with Crippen molar-refractivity contribution in [3.05, 3.63) is 203 Å². The first kappa shape index (κ1) is 90.1. The Hall–Kier alpha value is -9.06. The predicted octanol–water partition coefficient (Wildman–Crippen LogP) is 27.6. The molecule has 9 fully saturated rings. The number of methoxy groups -OCH3 is 1. The van der Waals surface area contributed by atoms with Gasteiger partial charge in [-0.05, 0) is 382 Å². The highest BCUT2D eigenvalue weighted by molar-refractivity contribution is 9.10. The number of fused-ring (bicyclic) bond motifs is 24. The van der Waals surface area contributed by atoms with Crippen LogP contribution in [0.25, 0.3) is 32.7 Å². The molecule has 3 heterocycles. The number of ether oxygens (including phenoxy) is 1. The van der Waals surface area contributed by atoms with Crippen molar-refractivity contribution in [2.75, 3.05) is 7.11 Å². The van der Waals surface area contributed by atoms with Crippen LogP contribution in [0, 0.1) is 104 Å². The Morgan fingerprint density at radius 2 is 0.669 bits per heavy atom. The van der Waals surface area contributed by atoms with Crippen molar-refractivity contribution >= 4 is 78.1 Å². The molecule has 21 rings (SSSR count). The summed E-state index contributed by atoms with van der Waals surface area (Å²) < 4.78 is 6.63. The van der Waals surface area contributed by atoms with Crippen LogP contribution in [0.1, 0.15) is 323 Å². The molecule has 12 aliphatic carbocycles. The summed E-state index contributed by atoms with van der Waals surface area (Å²) in [5.74, 6) is -1.03. The van der Waals surface area contributed by atoms with E-state index in [1.165, 1.54) is 16.7 Å². The van der Waals surface area contributed by atoms with Crippen LogP contribution in [0.4, 0.5) is 0 Å². The van der Waals surface area contributed by atoms with Gasteiger partial charge in [0.15, 0.2) is 34.5 Å². The lowest BCUT2D eigenvalue weighted by Gasteiger charge is -2.70. The first-order chi connectivity index (χ1) is 60.8. The number of aromatic amines is 3. The average Bonchev–Trinajstić information content (AvgIpc) is 1.12. The Bertz CT molecular complexity index is 6190. The number of halogens is 2. The molecule has 6 aromatic carbocycles. The zero-order chi connectivity index (χ0) is 93.4. The second kappa shape index (κ2) is 29.2. The number of hydrogen-bond acceptors (Lipinski definition) is 10. The summed E-state index contributed by atoms with van der Waals surface area (Å²) in [6.45, 7) is 40.7. The van der Waals surface area contributed by atoms with Crippen molar-refractivity contribution in [1.29, 1.82) is 0 Å². The smallest absolute Gasteiger partial charge is 0.309 e. The van der Waals surface area contributed by atoms with Gasteiger partial charge < -0.3 is 65.6 Å². The minimum atomic E-state index is -0.703. The molecule has 9 saturated carbocycles. The number of aromatic hydroxyl groups is 6. The first-order valence-electron chi connectivity index (χ1n) is 48.0. The quantitative estimate of drug-likeness (QED) is 0.0523. The normalized spacial score (nSPS) is 38.2. The largest absolute Gasteiger partial charge is 0.504 e.